The molecular weight excluding hydrogens is 324 g/mol. The number of pyridine rings is 1. The molecular formula is C22H22N2O2. The Kier molecular flexibility index (Phi) is 3.72. The first-order valence-corrected chi connectivity index (χ1v) is 8.92. The van der Waals surface area contributed by atoms with Crippen LogP contribution in [0.1, 0.15) is 45.6 Å². The number of carbonyl (C=O) groups excluding carboxylic acids is 1. The van der Waals surface area contributed by atoms with E-state index in [1.807, 2.05) is 45.0 Å². The van der Waals surface area contributed by atoms with Gasteiger partial charge < -0.3 is 9.88 Å². The minimum Gasteiger partial charge on any atom is -0.343 e. The average Bonchev–Trinajstić information content (AvgIpc) is 2.90. The van der Waals surface area contributed by atoms with Crippen molar-refractivity contribution in [2.24, 2.45) is 0 Å². The van der Waals surface area contributed by atoms with Crippen LogP contribution in [0.4, 0.5) is 5.69 Å². The number of nitrogens with zero attached hydrogens (tertiary/aromatic N) is 1. The van der Waals surface area contributed by atoms with Crippen molar-refractivity contribution in [1.82, 2.24) is 4.57 Å². The lowest BCUT2D eigenvalue weighted by Crippen LogP contribution is -2.24. The Labute approximate surface area is 152 Å². The summed E-state index contributed by atoms with van der Waals surface area (Å²) in [5, 5.41) is 3.58. The number of aryl methyl sites for hydroxylation is 3. The predicted molar refractivity (Wildman–Crippen MR) is 105 cm³/mol. The molecule has 4 heteroatoms. The summed E-state index contributed by atoms with van der Waals surface area (Å²) in [7, 11) is 0. The van der Waals surface area contributed by atoms with Crippen LogP contribution in [0.5, 0.6) is 0 Å². The number of hydrogen-bond donors (Lipinski definition) is 1. The number of hydrogen-bond acceptors (Lipinski definition) is 2. The third-order valence-corrected chi connectivity index (χ3v) is 5.29. The second kappa shape index (κ2) is 5.84. The Hall–Kier alpha value is -2.88. The van der Waals surface area contributed by atoms with E-state index in [0.717, 1.165) is 34.3 Å². The van der Waals surface area contributed by atoms with Gasteiger partial charge in [-0.25, -0.2) is 0 Å². The number of para-hydroxylation sites is 1. The number of aromatic nitrogens is 1. The molecule has 0 radical (unpaired) electrons. The smallest absolute Gasteiger partial charge is 0.261 e. The summed E-state index contributed by atoms with van der Waals surface area (Å²) >= 11 is 0. The van der Waals surface area contributed by atoms with Gasteiger partial charge in [0.05, 0.1) is 5.52 Å². The molecule has 0 unspecified atom stereocenters. The highest BCUT2D eigenvalue weighted by atomic mass is 16.2. The predicted octanol–water partition coefficient (Wildman–Crippen LogP) is 4.30. The molecule has 0 bridgehead atoms. The van der Waals surface area contributed by atoms with Gasteiger partial charge in [-0.1, -0.05) is 29.8 Å². The molecule has 1 amide bonds. The van der Waals surface area contributed by atoms with E-state index in [2.05, 4.69) is 22.9 Å². The van der Waals surface area contributed by atoms with Gasteiger partial charge in [-0.3, -0.25) is 9.59 Å². The number of nitrogens with one attached hydrogen (secondary N) is 1. The third-order valence-electron chi connectivity index (χ3n) is 5.29. The minimum atomic E-state index is -0.347. The molecule has 1 atom stereocenters. The van der Waals surface area contributed by atoms with Crippen molar-refractivity contribution in [3.63, 3.8) is 0 Å². The Balaban J connectivity index is 1.83. The molecule has 3 aromatic rings. The van der Waals surface area contributed by atoms with E-state index in [1.165, 1.54) is 5.56 Å². The van der Waals surface area contributed by atoms with E-state index in [9.17, 15) is 9.59 Å². The maximum atomic E-state index is 12.9. The Bertz CT molecular complexity index is 1100. The van der Waals surface area contributed by atoms with E-state index >= 15 is 0 Å². The topological polar surface area (TPSA) is 51.1 Å². The second-order valence-corrected chi connectivity index (χ2v) is 7.37. The van der Waals surface area contributed by atoms with Gasteiger partial charge in [0.25, 0.3) is 5.91 Å². The monoisotopic (exact) mass is 346 g/mol. The quantitative estimate of drug-likeness (QED) is 0.752. The fourth-order valence-corrected chi connectivity index (χ4v) is 4.14. The maximum Gasteiger partial charge on any atom is 0.261 e. The normalized spacial score (nSPS) is 15.5. The van der Waals surface area contributed by atoms with Gasteiger partial charge in [-0.15, -0.1) is 0 Å². The molecule has 0 saturated carbocycles. The van der Waals surface area contributed by atoms with Crippen LogP contribution in [0, 0.1) is 20.8 Å². The SMILES string of the molecule is Cc1cc(C)c(NC(=O)c2cn3c4c(cccc4c2=O)C[C@@H]3C)c(C)c1. The Morgan fingerprint density at radius 2 is 1.85 bits per heavy atom. The molecule has 2 aromatic carbocycles. The van der Waals surface area contributed by atoms with Crippen LogP contribution in [0.15, 0.2) is 41.3 Å². The minimum absolute atomic E-state index is 0.197. The van der Waals surface area contributed by atoms with Crippen molar-refractivity contribution >= 4 is 22.5 Å². The molecule has 1 aliphatic rings. The number of rotatable bonds is 2. The first-order chi connectivity index (χ1) is 12.4. The summed E-state index contributed by atoms with van der Waals surface area (Å²) < 4.78 is 2.07. The van der Waals surface area contributed by atoms with Crippen molar-refractivity contribution in [1.29, 1.82) is 0 Å². The second-order valence-electron chi connectivity index (χ2n) is 7.37. The van der Waals surface area contributed by atoms with Gasteiger partial charge in [-0.2, -0.15) is 0 Å². The Morgan fingerprint density at radius 1 is 1.15 bits per heavy atom. The van der Waals surface area contributed by atoms with Gasteiger partial charge in [0.2, 0.25) is 5.43 Å². The Morgan fingerprint density at radius 3 is 2.54 bits per heavy atom. The first-order valence-electron chi connectivity index (χ1n) is 8.92. The van der Waals surface area contributed by atoms with E-state index < -0.39 is 0 Å². The van der Waals surface area contributed by atoms with E-state index in [1.54, 1.807) is 6.20 Å². The lowest BCUT2D eigenvalue weighted by Gasteiger charge is -2.15. The summed E-state index contributed by atoms with van der Waals surface area (Å²) in [6.45, 7) is 8.08. The van der Waals surface area contributed by atoms with E-state index in [4.69, 9.17) is 0 Å². The van der Waals surface area contributed by atoms with Crippen molar-refractivity contribution in [3.8, 4) is 0 Å². The van der Waals surface area contributed by atoms with Gasteiger partial charge >= 0.3 is 0 Å². The molecule has 1 N–H and O–H groups in total. The molecule has 4 rings (SSSR count). The van der Waals surface area contributed by atoms with Crippen LogP contribution in [0.2, 0.25) is 0 Å². The maximum absolute atomic E-state index is 12.9. The van der Waals surface area contributed by atoms with Crippen molar-refractivity contribution in [2.45, 2.75) is 40.2 Å². The number of anilines is 1. The summed E-state index contributed by atoms with van der Waals surface area (Å²) in [5.41, 5.74) is 6.05. The molecule has 2 heterocycles. The zero-order valence-corrected chi connectivity index (χ0v) is 15.5. The van der Waals surface area contributed by atoms with Crippen LogP contribution in [0.3, 0.4) is 0 Å². The summed E-state index contributed by atoms with van der Waals surface area (Å²) in [6, 6.07) is 10.1. The fourth-order valence-electron chi connectivity index (χ4n) is 4.14. The molecule has 1 aromatic heterocycles. The largest absolute Gasteiger partial charge is 0.343 e. The number of benzene rings is 2. The third kappa shape index (κ3) is 2.45. The molecule has 0 saturated heterocycles. The highest BCUT2D eigenvalue weighted by molar-refractivity contribution is 6.06. The van der Waals surface area contributed by atoms with Crippen molar-refractivity contribution in [2.75, 3.05) is 5.32 Å². The highest BCUT2D eigenvalue weighted by Crippen LogP contribution is 2.31. The van der Waals surface area contributed by atoms with Gasteiger partial charge in [0, 0.05) is 23.3 Å². The molecule has 0 aliphatic carbocycles. The van der Waals surface area contributed by atoms with Crippen LogP contribution in [-0.2, 0) is 6.42 Å². The fraction of sp³-hybridized carbons (Fsp3) is 0.273. The van der Waals surface area contributed by atoms with Crippen LogP contribution < -0.4 is 10.7 Å². The summed E-state index contributed by atoms with van der Waals surface area (Å²) in [6.07, 6.45) is 2.61. The highest BCUT2D eigenvalue weighted by Gasteiger charge is 2.24. The van der Waals surface area contributed by atoms with Crippen molar-refractivity contribution in [3.05, 3.63) is 74.6 Å². The summed E-state index contributed by atoms with van der Waals surface area (Å²) in [4.78, 5) is 25.9. The lowest BCUT2D eigenvalue weighted by atomic mass is 10.0. The molecule has 132 valence electrons. The summed E-state index contributed by atoms with van der Waals surface area (Å²) in [5.74, 6) is -0.347. The standard InChI is InChI=1S/C22H22N2O2/c1-12-8-13(2)19(14(3)9-12)23-22(26)18-11-24-15(4)10-16-6-5-7-17(20(16)24)21(18)25/h5-9,11,15H,10H2,1-4H3,(H,23,26)/t15-/m0/s1. The zero-order valence-electron chi connectivity index (χ0n) is 15.5. The van der Waals surface area contributed by atoms with Crippen LogP contribution in [-0.4, -0.2) is 10.5 Å². The van der Waals surface area contributed by atoms with Crippen LogP contribution >= 0.6 is 0 Å². The van der Waals surface area contributed by atoms with Crippen molar-refractivity contribution < 1.29 is 4.79 Å². The molecule has 1 aliphatic heterocycles. The molecule has 26 heavy (non-hydrogen) atoms. The van der Waals surface area contributed by atoms with E-state index in [0.29, 0.717) is 5.39 Å². The zero-order chi connectivity index (χ0) is 18.6. The van der Waals surface area contributed by atoms with E-state index in [-0.39, 0.29) is 22.9 Å². The number of amides is 1. The van der Waals surface area contributed by atoms with Gasteiger partial charge in [0.15, 0.2) is 0 Å². The molecule has 0 fully saturated rings. The van der Waals surface area contributed by atoms with Gasteiger partial charge in [0.1, 0.15) is 5.56 Å². The van der Waals surface area contributed by atoms with Crippen LogP contribution in [0.25, 0.3) is 10.9 Å². The first kappa shape index (κ1) is 16.6. The van der Waals surface area contributed by atoms with Gasteiger partial charge in [-0.05, 0) is 56.9 Å². The lowest BCUT2D eigenvalue weighted by molar-refractivity contribution is 0.102. The molecule has 4 nitrogen and oxygen atoms in total. The average molecular weight is 346 g/mol. The molecule has 0 spiro atoms. The number of carbonyl (C=O) groups is 1.